The molecule has 0 fully saturated rings. The second-order valence-corrected chi connectivity index (χ2v) is 7.46. The molecule has 0 saturated heterocycles. The lowest BCUT2D eigenvalue weighted by molar-refractivity contribution is 0.414. The maximum Gasteiger partial charge on any atom is 0.261 e. The number of para-hydroxylation sites is 1. The summed E-state index contributed by atoms with van der Waals surface area (Å²) in [5.74, 6) is 0.897. The molecule has 0 spiro atoms. The smallest absolute Gasteiger partial charge is 0.261 e. The molecular formula is C19H14N2O5S. The minimum atomic E-state index is -3.83. The first kappa shape index (κ1) is 17.0. The summed E-state index contributed by atoms with van der Waals surface area (Å²) >= 11 is 0. The van der Waals surface area contributed by atoms with Gasteiger partial charge < -0.3 is 9.15 Å². The summed E-state index contributed by atoms with van der Waals surface area (Å²) in [6.45, 7) is 0. The minimum absolute atomic E-state index is 0.0917. The van der Waals surface area contributed by atoms with Crippen LogP contribution in [0.3, 0.4) is 0 Å². The van der Waals surface area contributed by atoms with E-state index in [1.807, 2.05) is 0 Å². The van der Waals surface area contributed by atoms with E-state index in [9.17, 15) is 13.2 Å². The Morgan fingerprint density at radius 2 is 1.81 bits per heavy atom. The van der Waals surface area contributed by atoms with E-state index in [1.54, 1.807) is 30.3 Å². The molecule has 136 valence electrons. The number of benzene rings is 3. The molecule has 0 bridgehead atoms. The van der Waals surface area contributed by atoms with Crippen molar-refractivity contribution in [2.45, 2.75) is 4.90 Å². The molecule has 1 N–H and O–H groups in total. The molecular weight excluding hydrogens is 368 g/mol. The van der Waals surface area contributed by atoms with Crippen LogP contribution in [-0.2, 0) is 10.0 Å². The monoisotopic (exact) mass is 382 g/mol. The molecule has 0 radical (unpaired) electrons. The fourth-order valence-corrected chi connectivity index (χ4v) is 3.73. The van der Waals surface area contributed by atoms with Crippen molar-refractivity contribution in [3.8, 4) is 17.2 Å². The number of anilines is 1. The first-order valence-corrected chi connectivity index (χ1v) is 9.45. The average molecular weight is 382 g/mol. The van der Waals surface area contributed by atoms with Gasteiger partial charge in [0.25, 0.3) is 10.0 Å². The minimum Gasteiger partial charge on any atom is -0.497 e. The van der Waals surface area contributed by atoms with Crippen LogP contribution >= 0.6 is 0 Å². The standard InChI is InChI=1S/C19H14N2O5S/c1-25-13-6-8-14(9-7-13)27(23,24)21-16-3-2-4-17-19(16)20-15-10-5-12(22)11-18(15)26-17/h2-11,21H,1H3. The van der Waals surface area contributed by atoms with Crippen molar-refractivity contribution in [3.05, 3.63) is 70.9 Å². The van der Waals surface area contributed by atoms with Gasteiger partial charge in [-0.2, -0.15) is 0 Å². The third-order valence-corrected chi connectivity index (χ3v) is 5.38. The van der Waals surface area contributed by atoms with Gasteiger partial charge in [-0.3, -0.25) is 9.52 Å². The number of fused-ring (bicyclic) bond motifs is 2. The van der Waals surface area contributed by atoms with E-state index < -0.39 is 10.0 Å². The third kappa shape index (κ3) is 3.22. The Balaban J connectivity index is 1.80. The summed E-state index contributed by atoms with van der Waals surface area (Å²) in [5.41, 5.74) is 1.26. The van der Waals surface area contributed by atoms with E-state index in [-0.39, 0.29) is 16.0 Å². The lowest BCUT2D eigenvalue weighted by Crippen LogP contribution is -2.13. The quantitative estimate of drug-likeness (QED) is 0.545. The number of sulfonamides is 1. The van der Waals surface area contributed by atoms with Crippen LogP contribution in [0.5, 0.6) is 5.75 Å². The van der Waals surface area contributed by atoms with Crippen molar-refractivity contribution >= 4 is 26.8 Å². The first-order chi connectivity index (χ1) is 13.0. The molecule has 0 saturated carbocycles. The second kappa shape index (κ2) is 6.40. The number of hydrogen-bond donors (Lipinski definition) is 1. The number of rotatable bonds is 4. The molecule has 8 heteroatoms. The Morgan fingerprint density at radius 1 is 1.04 bits per heavy atom. The molecule has 0 aromatic heterocycles. The number of nitrogens with zero attached hydrogens (tertiary/aromatic N) is 1. The topological polar surface area (TPSA) is 98.5 Å². The summed E-state index contributed by atoms with van der Waals surface area (Å²) in [5, 5.41) is 0. The number of hydrogen-bond acceptors (Lipinski definition) is 6. The predicted molar refractivity (Wildman–Crippen MR) is 101 cm³/mol. The molecule has 2 aromatic carbocycles. The molecule has 0 unspecified atom stereocenters. The number of aromatic nitrogens is 1. The van der Waals surface area contributed by atoms with Crippen molar-refractivity contribution in [3.63, 3.8) is 0 Å². The van der Waals surface area contributed by atoms with Gasteiger partial charge in [0.2, 0.25) is 0 Å². The zero-order valence-corrected chi connectivity index (χ0v) is 15.0. The Morgan fingerprint density at radius 3 is 2.56 bits per heavy atom. The van der Waals surface area contributed by atoms with Crippen LogP contribution in [-0.4, -0.2) is 20.5 Å². The van der Waals surface area contributed by atoms with E-state index in [0.717, 1.165) is 0 Å². The van der Waals surface area contributed by atoms with Gasteiger partial charge in [0, 0.05) is 6.07 Å². The lowest BCUT2D eigenvalue weighted by Gasteiger charge is -2.12. The van der Waals surface area contributed by atoms with Gasteiger partial charge in [-0.05, 0) is 48.5 Å². The van der Waals surface area contributed by atoms with E-state index in [1.165, 1.54) is 37.4 Å². The molecule has 7 nitrogen and oxygen atoms in total. The Labute approximate surface area is 154 Å². The van der Waals surface area contributed by atoms with E-state index in [4.69, 9.17) is 9.15 Å². The highest BCUT2D eigenvalue weighted by atomic mass is 32.2. The molecule has 4 rings (SSSR count). The highest BCUT2D eigenvalue weighted by molar-refractivity contribution is 7.92. The molecule has 2 aliphatic rings. The summed E-state index contributed by atoms with van der Waals surface area (Å²) in [7, 11) is -2.32. The lowest BCUT2D eigenvalue weighted by atomic mass is 10.2. The van der Waals surface area contributed by atoms with Gasteiger partial charge >= 0.3 is 0 Å². The fourth-order valence-electron chi connectivity index (χ4n) is 2.67. The number of ether oxygens (including phenoxy) is 1. The second-order valence-electron chi connectivity index (χ2n) is 5.78. The van der Waals surface area contributed by atoms with Gasteiger partial charge in [0.05, 0.1) is 17.7 Å². The normalized spacial score (nSPS) is 11.6. The van der Waals surface area contributed by atoms with Crippen LogP contribution in [0.25, 0.3) is 22.6 Å². The van der Waals surface area contributed by atoms with Crippen LogP contribution in [0.2, 0.25) is 0 Å². The molecule has 0 atom stereocenters. The average Bonchev–Trinajstić information content (AvgIpc) is 2.66. The van der Waals surface area contributed by atoms with Gasteiger partial charge in [0.15, 0.2) is 16.8 Å². The van der Waals surface area contributed by atoms with E-state index in [0.29, 0.717) is 28.3 Å². The summed E-state index contributed by atoms with van der Waals surface area (Å²) in [6, 6.07) is 15.2. The predicted octanol–water partition coefficient (Wildman–Crippen LogP) is 3.10. The van der Waals surface area contributed by atoms with Crippen molar-refractivity contribution in [1.29, 1.82) is 0 Å². The highest BCUT2D eigenvalue weighted by Crippen LogP contribution is 2.29. The summed E-state index contributed by atoms with van der Waals surface area (Å²) in [4.78, 5) is 16.0. The molecule has 0 amide bonds. The summed E-state index contributed by atoms with van der Waals surface area (Å²) < 4.78 is 38.7. The molecule has 1 aliphatic heterocycles. The first-order valence-electron chi connectivity index (χ1n) is 7.97. The Kier molecular flexibility index (Phi) is 4.04. The van der Waals surface area contributed by atoms with E-state index >= 15 is 0 Å². The van der Waals surface area contributed by atoms with Gasteiger partial charge in [-0.25, -0.2) is 13.4 Å². The molecule has 27 heavy (non-hydrogen) atoms. The molecule has 1 aliphatic carbocycles. The Bertz CT molecular complexity index is 1260. The van der Waals surface area contributed by atoms with Crippen LogP contribution in [0.4, 0.5) is 5.69 Å². The van der Waals surface area contributed by atoms with Gasteiger partial charge in [0.1, 0.15) is 17.0 Å². The largest absolute Gasteiger partial charge is 0.497 e. The van der Waals surface area contributed by atoms with Crippen LogP contribution < -0.4 is 14.9 Å². The van der Waals surface area contributed by atoms with Gasteiger partial charge in [-0.15, -0.1) is 0 Å². The number of methoxy groups -OCH3 is 1. The van der Waals surface area contributed by atoms with Crippen molar-refractivity contribution in [2.75, 3.05) is 11.8 Å². The summed E-state index contributed by atoms with van der Waals surface area (Å²) in [6.07, 6.45) is 0. The van der Waals surface area contributed by atoms with E-state index in [2.05, 4.69) is 9.71 Å². The van der Waals surface area contributed by atoms with Crippen LogP contribution in [0.1, 0.15) is 0 Å². The van der Waals surface area contributed by atoms with Crippen molar-refractivity contribution in [1.82, 2.24) is 4.98 Å². The Hall–Kier alpha value is -3.39. The highest BCUT2D eigenvalue weighted by Gasteiger charge is 2.18. The third-order valence-electron chi connectivity index (χ3n) is 4.00. The zero-order chi connectivity index (χ0) is 19.0. The maximum atomic E-state index is 12.7. The molecule has 1 heterocycles. The van der Waals surface area contributed by atoms with Crippen LogP contribution in [0.15, 0.2) is 74.8 Å². The van der Waals surface area contributed by atoms with Gasteiger partial charge in [-0.1, -0.05) is 6.07 Å². The van der Waals surface area contributed by atoms with Crippen molar-refractivity contribution in [2.24, 2.45) is 0 Å². The maximum absolute atomic E-state index is 12.7. The molecule has 2 aromatic rings. The fraction of sp³-hybridized carbons (Fsp3) is 0.0526. The SMILES string of the molecule is COc1ccc(S(=O)(=O)Nc2cccc3oc4cc(=O)ccc-4nc23)cc1. The number of nitrogens with one attached hydrogen (secondary N) is 1. The van der Waals surface area contributed by atoms with Crippen molar-refractivity contribution < 1.29 is 17.6 Å². The zero-order valence-electron chi connectivity index (χ0n) is 14.2. The van der Waals surface area contributed by atoms with Crippen LogP contribution in [0, 0.1) is 0 Å².